The number of nitrogens with one attached hydrogen (secondary N) is 2. The third kappa shape index (κ3) is 3.14. The number of nitriles is 1. The minimum absolute atomic E-state index is 0. The Morgan fingerprint density at radius 2 is 2.00 bits per heavy atom. The molecule has 1 saturated carbocycles. The summed E-state index contributed by atoms with van der Waals surface area (Å²) in [5.74, 6) is 0.343. The zero-order chi connectivity index (χ0) is 17.4. The van der Waals surface area contributed by atoms with Crippen LogP contribution in [0.1, 0.15) is 74.6 Å². The Bertz CT molecular complexity index is 752. The number of nitrogens with zero attached hydrogens (tertiary/aromatic N) is 2. The fourth-order valence-corrected chi connectivity index (χ4v) is 5.08. The minimum atomic E-state index is -0.205. The Morgan fingerprint density at radius 3 is 2.58 bits per heavy atom. The predicted molar refractivity (Wildman–Crippen MR) is 106 cm³/mol. The quantitative estimate of drug-likeness (QED) is 0.847. The van der Waals surface area contributed by atoms with Gasteiger partial charge < -0.3 is 15.2 Å². The van der Waals surface area contributed by atoms with Crippen LogP contribution in [0, 0.1) is 16.7 Å². The molecule has 1 aliphatic carbocycles. The molecule has 1 aromatic heterocycles. The first kappa shape index (κ1) is 19.3. The SMILES string of the molecule is CCCC1CNCc2c1[nH]c(=O)c(C#N)c2N1CCC2(CCC2)CC1.Cl. The van der Waals surface area contributed by atoms with Crippen molar-refractivity contribution in [3.05, 3.63) is 27.2 Å². The zero-order valence-corrected chi connectivity index (χ0v) is 16.4. The number of aromatic amines is 1. The van der Waals surface area contributed by atoms with Crippen molar-refractivity contribution in [1.29, 1.82) is 5.26 Å². The molecule has 3 aliphatic rings. The minimum Gasteiger partial charge on any atom is -0.370 e. The third-order valence-corrected chi connectivity index (χ3v) is 6.73. The van der Waals surface area contributed by atoms with E-state index in [1.165, 1.54) is 32.1 Å². The number of hydrogen-bond acceptors (Lipinski definition) is 4. The van der Waals surface area contributed by atoms with Crippen molar-refractivity contribution in [3.63, 3.8) is 0 Å². The van der Waals surface area contributed by atoms with Crippen LogP contribution in [0.25, 0.3) is 0 Å². The van der Waals surface area contributed by atoms with Crippen molar-refractivity contribution in [2.75, 3.05) is 24.5 Å². The number of fused-ring (bicyclic) bond motifs is 1. The van der Waals surface area contributed by atoms with Crippen molar-refractivity contribution in [2.24, 2.45) is 5.41 Å². The molecule has 2 fully saturated rings. The monoisotopic (exact) mass is 376 g/mol. The number of rotatable bonds is 3. The Morgan fingerprint density at radius 1 is 1.27 bits per heavy atom. The van der Waals surface area contributed by atoms with E-state index in [-0.39, 0.29) is 18.0 Å². The van der Waals surface area contributed by atoms with Crippen LogP contribution >= 0.6 is 12.4 Å². The number of halogens is 1. The molecule has 1 unspecified atom stereocenters. The number of hydrogen-bond donors (Lipinski definition) is 2. The van der Waals surface area contributed by atoms with Gasteiger partial charge in [0, 0.05) is 43.4 Å². The molecule has 1 saturated heterocycles. The second kappa shape index (κ2) is 7.62. The molecule has 0 aromatic carbocycles. The summed E-state index contributed by atoms with van der Waals surface area (Å²) < 4.78 is 0. The van der Waals surface area contributed by atoms with Crippen LogP contribution in [0.15, 0.2) is 4.79 Å². The number of piperidine rings is 1. The topological polar surface area (TPSA) is 71.9 Å². The highest BCUT2D eigenvalue weighted by Crippen LogP contribution is 2.49. The number of H-pyrrole nitrogens is 1. The van der Waals surface area contributed by atoms with Crippen LogP contribution in [0.4, 0.5) is 5.69 Å². The summed E-state index contributed by atoms with van der Waals surface area (Å²) in [6.07, 6.45) is 8.64. The zero-order valence-electron chi connectivity index (χ0n) is 15.6. The van der Waals surface area contributed by atoms with Crippen LogP contribution in [0.2, 0.25) is 0 Å². The molecular formula is C20H29ClN4O. The summed E-state index contributed by atoms with van der Waals surface area (Å²) in [5, 5.41) is 13.2. The van der Waals surface area contributed by atoms with Crippen molar-refractivity contribution >= 4 is 18.1 Å². The Labute approximate surface area is 161 Å². The largest absolute Gasteiger partial charge is 0.370 e. The summed E-state index contributed by atoms with van der Waals surface area (Å²) in [6.45, 7) is 5.79. The molecule has 26 heavy (non-hydrogen) atoms. The lowest BCUT2D eigenvalue weighted by Gasteiger charge is -2.49. The van der Waals surface area contributed by atoms with Crippen LogP contribution in [-0.2, 0) is 6.54 Å². The van der Waals surface area contributed by atoms with Crippen LogP contribution < -0.4 is 15.8 Å². The molecule has 6 heteroatoms. The Hall–Kier alpha value is -1.51. The molecule has 5 nitrogen and oxygen atoms in total. The highest BCUT2D eigenvalue weighted by molar-refractivity contribution is 5.85. The van der Waals surface area contributed by atoms with Crippen LogP contribution in [0.3, 0.4) is 0 Å². The Balaban J connectivity index is 0.00000196. The molecule has 0 amide bonds. The van der Waals surface area contributed by atoms with Gasteiger partial charge in [0.2, 0.25) is 0 Å². The number of aromatic nitrogens is 1. The first-order valence-corrected chi connectivity index (χ1v) is 9.82. The average molecular weight is 377 g/mol. The molecule has 142 valence electrons. The molecule has 1 spiro atoms. The van der Waals surface area contributed by atoms with E-state index in [0.29, 0.717) is 16.9 Å². The summed E-state index contributed by atoms with van der Waals surface area (Å²) in [7, 11) is 0. The summed E-state index contributed by atoms with van der Waals surface area (Å²) in [5.41, 5.74) is 3.82. The lowest BCUT2D eigenvalue weighted by molar-refractivity contribution is 0.0954. The molecular weight excluding hydrogens is 348 g/mol. The van der Waals surface area contributed by atoms with Crippen LogP contribution in [0.5, 0.6) is 0 Å². The highest BCUT2D eigenvalue weighted by Gasteiger charge is 2.40. The van der Waals surface area contributed by atoms with Gasteiger partial charge >= 0.3 is 0 Å². The van der Waals surface area contributed by atoms with Gasteiger partial charge in [0.1, 0.15) is 11.6 Å². The highest BCUT2D eigenvalue weighted by atomic mass is 35.5. The predicted octanol–water partition coefficient (Wildman–Crippen LogP) is 3.43. The van der Waals surface area contributed by atoms with Gasteiger partial charge in [-0.1, -0.05) is 19.8 Å². The standard InChI is InChI=1S/C20H28N4O.ClH/c1-2-4-14-12-22-13-16-17(14)23-19(25)15(11-21)18(16)24-9-7-20(8-10-24)5-3-6-20;/h14,22H,2-10,12-13H2,1H3,(H,23,25);1H. The second-order valence-electron chi connectivity index (χ2n) is 8.14. The van der Waals surface area contributed by atoms with Crippen molar-refractivity contribution in [3.8, 4) is 6.07 Å². The summed E-state index contributed by atoms with van der Waals surface area (Å²) in [4.78, 5) is 18.0. The molecule has 3 heterocycles. The van der Waals surface area contributed by atoms with E-state index < -0.39 is 0 Å². The number of anilines is 1. The second-order valence-corrected chi connectivity index (χ2v) is 8.14. The number of pyridine rings is 1. The average Bonchev–Trinajstić information content (AvgIpc) is 2.60. The first-order chi connectivity index (χ1) is 12.2. The maximum atomic E-state index is 12.6. The van der Waals surface area contributed by atoms with Gasteiger partial charge in [0.05, 0.1) is 5.69 Å². The lowest BCUT2D eigenvalue weighted by atomic mass is 9.63. The van der Waals surface area contributed by atoms with Gasteiger partial charge in [-0.2, -0.15) is 5.26 Å². The van der Waals surface area contributed by atoms with E-state index in [2.05, 4.69) is 28.2 Å². The fraction of sp³-hybridized carbons (Fsp3) is 0.700. The van der Waals surface area contributed by atoms with Gasteiger partial charge in [0.15, 0.2) is 0 Å². The van der Waals surface area contributed by atoms with Crippen molar-refractivity contribution in [2.45, 2.75) is 64.3 Å². The maximum absolute atomic E-state index is 12.6. The molecule has 0 bridgehead atoms. The van der Waals surface area contributed by atoms with Crippen molar-refractivity contribution in [1.82, 2.24) is 10.3 Å². The summed E-state index contributed by atoms with van der Waals surface area (Å²) >= 11 is 0. The summed E-state index contributed by atoms with van der Waals surface area (Å²) in [6, 6.07) is 2.19. The van der Waals surface area contributed by atoms with Gasteiger partial charge in [-0.05, 0) is 37.5 Å². The molecule has 0 radical (unpaired) electrons. The molecule has 2 N–H and O–H groups in total. The van der Waals surface area contributed by atoms with E-state index in [9.17, 15) is 10.1 Å². The molecule has 4 rings (SSSR count). The van der Waals surface area contributed by atoms with Gasteiger partial charge in [-0.25, -0.2) is 0 Å². The van der Waals surface area contributed by atoms with Gasteiger partial charge in [0.25, 0.3) is 5.56 Å². The van der Waals surface area contributed by atoms with E-state index in [0.717, 1.165) is 56.0 Å². The fourth-order valence-electron chi connectivity index (χ4n) is 5.08. The Kier molecular flexibility index (Phi) is 5.64. The van der Waals surface area contributed by atoms with E-state index >= 15 is 0 Å². The van der Waals surface area contributed by atoms with E-state index in [4.69, 9.17) is 0 Å². The maximum Gasteiger partial charge on any atom is 0.268 e. The molecule has 1 atom stereocenters. The van der Waals surface area contributed by atoms with E-state index in [1.807, 2.05) is 0 Å². The third-order valence-electron chi connectivity index (χ3n) is 6.73. The lowest BCUT2D eigenvalue weighted by Crippen LogP contribution is -2.45. The smallest absolute Gasteiger partial charge is 0.268 e. The van der Waals surface area contributed by atoms with Gasteiger partial charge in [-0.15, -0.1) is 12.4 Å². The normalized spacial score (nSPS) is 23.5. The first-order valence-electron chi connectivity index (χ1n) is 9.82. The van der Waals surface area contributed by atoms with Crippen LogP contribution in [-0.4, -0.2) is 24.6 Å². The van der Waals surface area contributed by atoms with E-state index in [1.54, 1.807) is 0 Å². The van der Waals surface area contributed by atoms with Crippen molar-refractivity contribution < 1.29 is 0 Å². The molecule has 1 aromatic rings. The van der Waals surface area contributed by atoms with Gasteiger partial charge in [-0.3, -0.25) is 4.79 Å². The molecule has 2 aliphatic heterocycles.